The van der Waals surface area contributed by atoms with Crippen LogP contribution in [0, 0.1) is 6.92 Å². The first-order valence-corrected chi connectivity index (χ1v) is 10.2. The molecular weight excluding hydrogens is 415 g/mol. The fraction of sp³-hybridized carbons (Fsp3) is 0.150. The zero-order chi connectivity index (χ0) is 20.1. The Kier molecular flexibility index (Phi) is 6.78. The molecule has 2 aromatic carbocycles. The average Bonchev–Trinajstić information content (AvgIpc) is 3.07. The highest BCUT2D eigenvalue weighted by atomic mass is 35.5. The molecule has 0 spiro atoms. The summed E-state index contributed by atoms with van der Waals surface area (Å²) in [6, 6.07) is 12.9. The number of hydrogen-bond acceptors (Lipinski definition) is 4. The highest BCUT2D eigenvalue weighted by Crippen LogP contribution is 2.29. The molecular formula is C20H18Cl2N4OS. The van der Waals surface area contributed by atoms with Crippen LogP contribution >= 0.6 is 35.0 Å². The minimum atomic E-state index is -0.108. The van der Waals surface area contributed by atoms with E-state index in [9.17, 15) is 4.79 Å². The van der Waals surface area contributed by atoms with E-state index in [0.717, 1.165) is 16.8 Å². The highest BCUT2D eigenvalue weighted by molar-refractivity contribution is 7.99. The number of hydrogen-bond donors (Lipinski definition) is 1. The van der Waals surface area contributed by atoms with E-state index in [1.165, 1.54) is 11.8 Å². The molecule has 0 aliphatic heterocycles. The number of benzene rings is 2. The molecule has 0 bridgehead atoms. The second-order valence-corrected chi connectivity index (χ2v) is 7.74. The first-order chi connectivity index (χ1) is 13.5. The van der Waals surface area contributed by atoms with Crippen molar-refractivity contribution in [2.75, 3.05) is 11.1 Å². The third-order valence-corrected chi connectivity index (χ3v) is 5.66. The van der Waals surface area contributed by atoms with Gasteiger partial charge in [-0.15, -0.1) is 16.8 Å². The Morgan fingerprint density at radius 2 is 2.00 bits per heavy atom. The van der Waals surface area contributed by atoms with Gasteiger partial charge < -0.3 is 5.32 Å². The number of amides is 1. The van der Waals surface area contributed by atoms with Crippen molar-refractivity contribution >= 4 is 46.6 Å². The van der Waals surface area contributed by atoms with Gasteiger partial charge in [-0.2, -0.15) is 0 Å². The fourth-order valence-electron chi connectivity index (χ4n) is 2.57. The van der Waals surface area contributed by atoms with Crippen LogP contribution in [0.1, 0.15) is 5.56 Å². The maximum Gasteiger partial charge on any atom is 0.234 e. The van der Waals surface area contributed by atoms with E-state index in [1.807, 2.05) is 41.8 Å². The summed E-state index contributed by atoms with van der Waals surface area (Å²) in [5.41, 5.74) is 2.61. The van der Waals surface area contributed by atoms with Gasteiger partial charge in [-0.25, -0.2) is 0 Å². The molecule has 3 rings (SSSR count). The second-order valence-electron chi connectivity index (χ2n) is 5.99. The first kappa shape index (κ1) is 20.5. The Labute approximate surface area is 177 Å². The fourth-order valence-corrected chi connectivity index (χ4v) is 3.61. The number of allylic oxidation sites excluding steroid dienone is 1. The van der Waals surface area contributed by atoms with E-state index < -0.39 is 0 Å². The molecule has 0 radical (unpaired) electrons. The standard InChI is InChI=1S/C20H18Cl2N4OS/c1-3-10-26-19(14-8-9-15(21)16(22)11-14)24-25-20(26)28-12-18(27)23-17-7-5-4-6-13(17)2/h3-9,11H,1,10,12H2,2H3,(H,23,27). The van der Waals surface area contributed by atoms with Gasteiger partial charge in [-0.1, -0.05) is 59.2 Å². The van der Waals surface area contributed by atoms with E-state index in [4.69, 9.17) is 23.2 Å². The first-order valence-electron chi connectivity index (χ1n) is 8.47. The number of anilines is 1. The molecule has 0 atom stereocenters. The van der Waals surface area contributed by atoms with Gasteiger partial charge in [0.25, 0.3) is 0 Å². The Balaban J connectivity index is 1.76. The van der Waals surface area contributed by atoms with E-state index in [2.05, 4.69) is 22.1 Å². The Hall–Kier alpha value is -2.28. The zero-order valence-electron chi connectivity index (χ0n) is 15.2. The number of halogens is 2. The Bertz CT molecular complexity index is 1020. The molecule has 0 aliphatic carbocycles. The lowest BCUT2D eigenvalue weighted by atomic mass is 10.2. The monoisotopic (exact) mass is 432 g/mol. The van der Waals surface area contributed by atoms with Crippen molar-refractivity contribution in [2.24, 2.45) is 0 Å². The van der Waals surface area contributed by atoms with Gasteiger partial charge in [0.05, 0.1) is 15.8 Å². The van der Waals surface area contributed by atoms with Gasteiger partial charge in [0.15, 0.2) is 11.0 Å². The summed E-state index contributed by atoms with van der Waals surface area (Å²) in [7, 11) is 0. The van der Waals surface area contributed by atoms with E-state index >= 15 is 0 Å². The summed E-state index contributed by atoms with van der Waals surface area (Å²) in [6.45, 7) is 6.25. The van der Waals surface area contributed by atoms with Crippen LogP contribution in [0.5, 0.6) is 0 Å². The van der Waals surface area contributed by atoms with Crippen molar-refractivity contribution in [2.45, 2.75) is 18.6 Å². The highest BCUT2D eigenvalue weighted by Gasteiger charge is 2.16. The normalized spacial score (nSPS) is 10.7. The smallest absolute Gasteiger partial charge is 0.234 e. The number of aromatic nitrogens is 3. The summed E-state index contributed by atoms with van der Waals surface area (Å²) in [4.78, 5) is 12.3. The van der Waals surface area contributed by atoms with Crippen molar-refractivity contribution < 1.29 is 4.79 Å². The van der Waals surface area contributed by atoms with Crippen molar-refractivity contribution in [1.82, 2.24) is 14.8 Å². The van der Waals surface area contributed by atoms with Gasteiger partial charge in [-0.3, -0.25) is 9.36 Å². The maximum absolute atomic E-state index is 12.3. The van der Waals surface area contributed by atoms with Gasteiger partial charge in [0.1, 0.15) is 0 Å². The van der Waals surface area contributed by atoms with Gasteiger partial charge in [-0.05, 0) is 36.8 Å². The van der Waals surface area contributed by atoms with Crippen molar-refractivity contribution in [3.05, 3.63) is 70.7 Å². The van der Waals surface area contributed by atoms with Crippen LogP contribution in [-0.2, 0) is 11.3 Å². The molecule has 28 heavy (non-hydrogen) atoms. The van der Waals surface area contributed by atoms with Gasteiger partial charge in [0.2, 0.25) is 5.91 Å². The molecule has 0 saturated carbocycles. The van der Waals surface area contributed by atoms with Crippen molar-refractivity contribution in [1.29, 1.82) is 0 Å². The Morgan fingerprint density at radius 1 is 1.21 bits per heavy atom. The molecule has 8 heteroatoms. The molecule has 1 N–H and O–H groups in total. The predicted molar refractivity (Wildman–Crippen MR) is 116 cm³/mol. The number of rotatable bonds is 7. The van der Waals surface area contributed by atoms with Crippen LogP contribution in [0.15, 0.2) is 60.3 Å². The summed E-state index contributed by atoms with van der Waals surface area (Å²) < 4.78 is 1.89. The van der Waals surface area contributed by atoms with Crippen LogP contribution in [0.3, 0.4) is 0 Å². The quantitative estimate of drug-likeness (QED) is 0.396. The van der Waals surface area contributed by atoms with Crippen molar-refractivity contribution in [3.63, 3.8) is 0 Å². The Morgan fingerprint density at radius 3 is 2.71 bits per heavy atom. The van der Waals surface area contributed by atoms with Crippen LogP contribution in [0.2, 0.25) is 10.0 Å². The predicted octanol–water partition coefficient (Wildman–Crippen LogP) is 5.48. The topological polar surface area (TPSA) is 59.8 Å². The lowest BCUT2D eigenvalue weighted by molar-refractivity contribution is -0.113. The molecule has 144 valence electrons. The van der Waals surface area contributed by atoms with E-state index in [1.54, 1.807) is 18.2 Å². The maximum atomic E-state index is 12.3. The third-order valence-electron chi connectivity index (χ3n) is 3.96. The number of para-hydroxylation sites is 1. The van der Waals surface area contributed by atoms with Crippen LogP contribution < -0.4 is 5.32 Å². The number of carbonyl (C=O) groups excluding carboxylic acids is 1. The number of nitrogens with one attached hydrogen (secondary N) is 1. The largest absolute Gasteiger partial charge is 0.325 e. The molecule has 3 aromatic rings. The molecule has 1 amide bonds. The summed E-state index contributed by atoms with van der Waals surface area (Å²) in [5.74, 6) is 0.745. The van der Waals surface area contributed by atoms with Crippen LogP contribution in [0.4, 0.5) is 5.69 Å². The molecule has 1 aromatic heterocycles. The number of carbonyl (C=O) groups is 1. The lowest BCUT2D eigenvalue weighted by Crippen LogP contribution is -2.15. The van der Waals surface area contributed by atoms with Crippen LogP contribution in [-0.4, -0.2) is 26.4 Å². The summed E-state index contributed by atoms with van der Waals surface area (Å²) in [6.07, 6.45) is 1.75. The van der Waals surface area contributed by atoms with Gasteiger partial charge >= 0.3 is 0 Å². The lowest BCUT2D eigenvalue weighted by Gasteiger charge is -2.09. The molecule has 0 unspecified atom stereocenters. The van der Waals surface area contributed by atoms with Gasteiger partial charge in [0, 0.05) is 17.8 Å². The number of thioether (sulfide) groups is 1. The SMILES string of the molecule is C=CCn1c(SCC(=O)Nc2ccccc2C)nnc1-c1ccc(Cl)c(Cl)c1. The summed E-state index contributed by atoms with van der Waals surface area (Å²) >= 11 is 13.4. The van der Waals surface area contributed by atoms with Crippen LogP contribution in [0.25, 0.3) is 11.4 Å². The minimum Gasteiger partial charge on any atom is -0.325 e. The minimum absolute atomic E-state index is 0.108. The summed E-state index contributed by atoms with van der Waals surface area (Å²) in [5, 5.41) is 13.0. The van der Waals surface area contributed by atoms with E-state index in [-0.39, 0.29) is 11.7 Å². The zero-order valence-corrected chi connectivity index (χ0v) is 17.5. The van der Waals surface area contributed by atoms with E-state index in [0.29, 0.717) is 27.6 Å². The molecule has 0 aliphatic rings. The second kappa shape index (κ2) is 9.28. The molecule has 0 fully saturated rings. The molecule has 0 saturated heterocycles. The third kappa shape index (κ3) is 4.76. The van der Waals surface area contributed by atoms with Crippen molar-refractivity contribution in [3.8, 4) is 11.4 Å². The average molecular weight is 433 g/mol. The molecule has 1 heterocycles. The number of aryl methyl sites for hydroxylation is 1. The number of nitrogens with zero attached hydrogens (tertiary/aromatic N) is 3. The molecule has 5 nitrogen and oxygen atoms in total.